The fraction of sp³-hybridized carbons (Fsp3) is 0.294. The molecule has 1 unspecified atom stereocenters. The number of carboxylic acid groups (broad SMARTS) is 1. The number of carboxylic acids is 1. The molecule has 1 amide bonds. The average Bonchev–Trinajstić information content (AvgIpc) is 2.99. The van der Waals surface area contributed by atoms with Gasteiger partial charge in [0.15, 0.2) is 21.1 Å². The Morgan fingerprint density at radius 3 is 2.31 bits per heavy atom. The van der Waals surface area contributed by atoms with Gasteiger partial charge in [-0.25, -0.2) is 13.2 Å². The Kier molecular flexibility index (Phi) is 5.77. The van der Waals surface area contributed by atoms with Crippen LogP contribution in [0.15, 0.2) is 40.8 Å². The molecule has 9 heteroatoms. The van der Waals surface area contributed by atoms with Crippen molar-refractivity contribution < 1.29 is 27.5 Å². The van der Waals surface area contributed by atoms with Crippen LogP contribution < -0.4 is 5.32 Å². The Morgan fingerprint density at radius 2 is 1.81 bits per heavy atom. The molecule has 0 spiro atoms. The van der Waals surface area contributed by atoms with Crippen LogP contribution >= 0.6 is 11.6 Å². The van der Waals surface area contributed by atoms with E-state index in [0.717, 1.165) is 6.26 Å². The number of sulfone groups is 1. The first-order valence-electron chi connectivity index (χ1n) is 7.66. The van der Waals surface area contributed by atoms with E-state index in [1.807, 2.05) is 0 Å². The van der Waals surface area contributed by atoms with Crippen LogP contribution in [0.25, 0.3) is 0 Å². The normalized spacial score (nSPS) is 13.8. The number of hydrogen-bond acceptors (Lipinski definition) is 5. The molecule has 0 saturated carbocycles. The third kappa shape index (κ3) is 4.44. The summed E-state index contributed by atoms with van der Waals surface area (Å²) in [5.74, 6) is -2.42. The zero-order valence-electron chi connectivity index (χ0n) is 14.2. The maximum atomic E-state index is 12.5. The molecule has 0 aliphatic rings. The minimum atomic E-state index is -3.32. The average molecular weight is 400 g/mol. The fourth-order valence-electron chi connectivity index (χ4n) is 2.52. The van der Waals surface area contributed by atoms with Crippen LogP contribution in [0.5, 0.6) is 0 Å². The largest absolute Gasteiger partial charge is 0.479 e. The number of aliphatic carboxylic acids is 1. The van der Waals surface area contributed by atoms with Gasteiger partial charge in [-0.2, -0.15) is 0 Å². The van der Waals surface area contributed by atoms with Crippen molar-refractivity contribution in [3.8, 4) is 0 Å². The lowest BCUT2D eigenvalue weighted by Crippen LogP contribution is -2.51. The zero-order valence-corrected chi connectivity index (χ0v) is 15.7. The Balaban J connectivity index is 2.33. The van der Waals surface area contributed by atoms with Crippen LogP contribution in [-0.2, 0) is 25.9 Å². The third-order valence-corrected chi connectivity index (χ3v) is 4.91. The topological polar surface area (TPSA) is 114 Å². The van der Waals surface area contributed by atoms with E-state index in [1.54, 1.807) is 6.92 Å². The zero-order chi connectivity index (χ0) is 19.5. The van der Waals surface area contributed by atoms with Crippen LogP contribution in [0.1, 0.15) is 35.2 Å². The monoisotopic (exact) mass is 399 g/mol. The molecule has 0 fully saturated rings. The number of hydrogen-bond donors (Lipinski definition) is 2. The molecule has 1 heterocycles. The summed E-state index contributed by atoms with van der Waals surface area (Å²) >= 11 is 5.84. The van der Waals surface area contributed by atoms with Gasteiger partial charge in [0.2, 0.25) is 0 Å². The summed E-state index contributed by atoms with van der Waals surface area (Å²) in [5, 5.41) is 12.7. The van der Waals surface area contributed by atoms with Crippen LogP contribution in [-0.4, -0.2) is 31.7 Å². The second-order valence-electron chi connectivity index (χ2n) is 5.86. The van der Waals surface area contributed by atoms with Gasteiger partial charge in [0.25, 0.3) is 5.91 Å². The molecule has 0 aliphatic carbocycles. The van der Waals surface area contributed by atoms with Crippen molar-refractivity contribution in [2.24, 2.45) is 0 Å². The summed E-state index contributed by atoms with van der Waals surface area (Å²) in [5.41, 5.74) is -1.32. The second-order valence-corrected chi connectivity index (χ2v) is 8.44. The minimum Gasteiger partial charge on any atom is -0.479 e. The first-order valence-corrected chi connectivity index (χ1v) is 10.1. The van der Waals surface area contributed by atoms with Gasteiger partial charge in [-0.05, 0) is 36.2 Å². The van der Waals surface area contributed by atoms with E-state index in [1.165, 1.54) is 36.4 Å². The number of carbonyl (C=O) groups is 2. The van der Waals surface area contributed by atoms with Crippen LogP contribution in [0.4, 0.5) is 0 Å². The molecule has 2 aromatic rings. The van der Waals surface area contributed by atoms with Crippen molar-refractivity contribution in [1.82, 2.24) is 5.32 Å². The molecule has 2 rings (SSSR count). The van der Waals surface area contributed by atoms with E-state index in [0.29, 0.717) is 10.6 Å². The van der Waals surface area contributed by atoms with Crippen molar-refractivity contribution in [3.05, 3.63) is 58.5 Å². The number of amides is 1. The number of benzene rings is 1. The SMILES string of the molecule is CCC(NC(=O)c1ccc(CS(C)(=O)=O)o1)(C(=O)O)c1ccc(Cl)cc1. The maximum Gasteiger partial charge on any atom is 0.334 e. The van der Waals surface area contributed by atoms with Gasteiger partial charge in [-0.15, -0.1) is 0 Å². The Labute approximate surface area is 155 Å². The van der Waals surface area contributed by atoms with Gasteiger partial charge in [-0.3, -0.25) is 4.79 Å². The lowest BCUT2D eigenvalue weighted by atomic mass is 9.87. The number of carbonyl (C=O) groups excluding carboxylic acids is 1. The molecular formula is C17H18ClNO6S. The molecule has 0 radical (unpaired) electrons. The molecule has 140 valence electrons. The maximum absolute atomic E-state index is 12.5. The number of furan rings is 1. The molecule has 7 nitrogen and oxygen atoms in total. The van der Waals surface area contributed by atoms with Crippen molar-refractivity contribution >= 4 is 33.3 Å². The van der Waals surface area contributed by atoms with Crippen LogP contribution in [0, 0.1) is 0 Å². The standard InChI is InChI=1S/C17H18ClNO6S/c1-3-17(16(21)22,11-4-6-12(18)7-5-11)19-15(20)14-9-8-13(25-14)10-26(2,23)24/h4-9H,3,10H2,1-2H3,(H,19,20)(H,21,22). The predicted molar refractivity (Wildman–Crippen MR) is 95.8 cm³/mol. The molecule has 26 heavy (non-hydrogen) atoms. The van der Waals surface area contributed by atoms with Gasteiger partial charge >= 0.3 is 5.97 Å². The van der Waals surface area contributed by atoms with Crippen molar-refractivity contribution in [3.63, 3.8) is 0 Å². The number of rotatable bonds is 7. The lowest BCUT2D eigenvalue weighted by Gasteiger charge is -2.29. The van der Waals surface area contributed by atoms with Crippen LogP contribution in [0.3, 0.4) is 0 Å². The first-order chi connectivity index (χ1) is 12.1. The molecule has 2 N–H and O–H groups in total. The van der Waals surface area contributed by atoms with Crippen molar-refractivity contribution in [1.29, 1.82) is 0 Å². The summed E-state index contributed by atoms with van der Waals surface area (Å²) in [7, 11) is -3.32. The third-order valence-electron chi connectivity index (χ3n) is 3.85. The molecule has 0 bridgehead atoms. The number of nitrogens with one attached hydrogen (secondary N) is 1. The van der Waals surface area contributed by atoms with Gasteiger partial charge < -0.3 is 14.8 Å². The highest BCUT2D eigenvalue weighted by atomic mass is 35.5. The van der Waals surface area contributed by atoms with E-state index in [2.05, 4.69) is 5.32 Å². The van der Waals surface area contributed by atoms with Gasteiger partial charge in [-0.1, -0.05) is 30.7 Å². The quantitative estimate of drug-likeness (QED) is 0.739. The van der Waals surface area contributed by atoms with Gasteiger partial charge in [0, 0.05) is 11.3 Å². The summed E-state index contributed by atoms with van der Waals surface area (Å²) in [6.07, 6.45) is 1.12. The highest BCUT2D eigenvalue weighted by Gasteiger charge is 2.41. The predicted octanol–water partition coefficient (Wildman–Crippen LogP) is 2.60. The van der Waals surface area contributed by atoms with E-state index < -0.39 is 27.3 Å². The molecule has 0 saturated heterocycles. The second kappa shape index (κ2) is 7.51. The Bertz CT molecular complexity index is 919. The van der Waals surface area contributed by atoms with Crippen LogP contribution in [0.2, 0.25) is 5.02 Å². The highest BCUT2D eigenvalue weighted by molar-refractivity contribution is 7.89. The smallest absolute Gasteiger partial charge is 0.334 e. The summed E-state index contributed by atoms with van der Waals surface area (Å²) in [4.78, 5) is 24.4. The summed E-state index contributed by atoms with van der Waals surface area (Å²) in [6.45, 7) is 1.63. The van der Waals surface area contributed by atoms with E-state index in [4.69, 9.17) is 16.0 Å². The Morgan fingerprint density at radius 1 is 1.19 bits per heavy atom. The molecule has 1 atom stereocenters. The van der Waals surface area contributed by atoms with Crippen molar-refractivity contribution in [2.45, 2.75) is 24.6 Å². The minimum absolute atomic E-state index is 0.0760. The molecule has 0 aliphatic heterocycles. The summed E-state index contributed by atoms with van der Waals surface area (Å²) < 4.78 is 27.9. The van der Waals surface area contributed by atoms with Gasteiger partial charge in [0.05, 0.1) is 0 Å². The molecular weight excluding hydrogens is 382 g/mol. The first kappa shape index (κ1) is 20.0. The van der Waals surface area contributed by atoms with E-state index in [-0.39, 0.29) is 23.7 Å². The highest BCUT2D eigenvalue weighted by Crippen LogP contribution is 2.28. The van der Waals surface area contributed by atoms with E-state index in [9.17, 15) is 23.1 Å². The van der Waals surface area contributed by atoms with E-state index >= 15 is 0 Å². The molecule has 1 aromatic heterocycles. The van der Waals surface area contributed by atoms with Crippen molar-refractivity contribution in [2.75, 3.05) is 6.26 Å². The number of halogens is 1. The summed E-state index contributed by atoms with van der Waals surface area (Å²) in [6, 6.07) is 8.79. The van der Waals surface area contributed by atoms with Gasteiger partial charge in [0.1, 0.15) is 11.5 Å². The lowest BCUT2D eigenvalue weighted by molar-refractivity contribution is -0.145. The molecule has 1 aromatic carbocycles. The Hall–Kier alpha value is -2.32. The fourth-order valence-corrected chi connectivity index (χ4v) is 3.32.